The lowest BCUT2D eigenvalue weighted by Crippen LogP contribution is -2.46. The van der Waals surface area contributed by atoms with Crippen molar-refractivity contribution in [1.29, 1.82) is 0 Å². The van der Waals surface area contributed by atoms with Gasteiger partial charge in [-0.3, -0.25) is 9.59 Å². The van der Waals surface area contributed by atoms with Gasteiger partial charge in [0.15, 0.2) is 0 Å². The number of fused-ring (bicyclic) bond motifs is 1. The summed E-state index contributed by atoms with van der Waals surface area (Å²) in [6.45, 7) is 3.37. The van der Waals surface area contributed by atoms with Gasteiger partial charge in [-0.25, -0.2) is 0 Å². The zero-order chi connectivity index (χ0) is 15.0. The number of carboxylic acids is 1. The topological polar surface area (TPSA) is 69.6 Å². The van der Waals surface area contributed by atoms with Crippen LogP contribution >= 0.6 is 0 Å². The average Bonchev–Trinajstić information content (AvgIpc) is 2.93. The van der Waals surface area contributed by atoms with Crippen molar-refractivity contribution >= 4 is 17.6 Å². The van der Waals surface area contributed by atoms with E-state index in [9.17, 15) is 9.59 Å². The van der Waals surface area contributed by atoms with E-state index in [1.807, 2.05) is 25.1 Å². The number of nitrogens with one attached hydrogen (secondary N) is 1. The Labute approximate surface area is 123 Å². The monoisotopic (exact) mass is 288 g/mol. The molecule has 0 spiro atoms. The van der Waals surface area contributed by atoms with Crippen molar-refractivity contribution in [3.63, 3.8) is 0 Å². The summed E-state index contributed by atoms with van der Waals surface area (Å²) in [7, 11) is 0. The molecule has 0 saturated carbocycles. The molecule has 1 amide bonds. The minimum atomic E-state index is -0.754. The molecule has 1 aromatic carbocycles. The summed E-state index contributed by atoms with van der Waals surface area (Å²) in [6, 6.07) is 5.77. The number of amides is 1. The molecule has 1 saturated heterocycles. The van der Waals surface area contributed by atoms with Gasteiger partial charge >= 0.3 is 5.97 Å². The largest absolute Gasteiger partial charge is 0.481 e. The number of hydrogen-bond donors (Lipinski definition) is 2. The normalized spacial score (nSPS) is 24.3. The fourth-order valence-corrected chi connectivity index (χ4v) is 3.29. The maximum Gasteiger partial charge on any atom is 0.306 e. The van der Waals surface area contributed by atoms with Crippen LogP contribution in [0.4, 0.5) is 5.69 Å². The van der Waals surface area contributed by atoms with E-state index >= 15 is 0 Å². The maximum absolute atomic E-state index is 12.6. The molecule has 2 N–H and O–H groups in total. The minimum Gasteiger partial charge on any atom is -0.481 e. The molecule has 2 aliphatic heterocycles. The van der Waals surface area contributed by atoms with Crippen LogP contribution in [-0.2, 0) is 11.2 Å². The Hall–Kier alpha value is -2.04. The number of carboxylic acid groups (broad SMARTS) is 1. The third kappa shape index (κ3) is 2.60. The Morgan fingerprint density at radius 3 is 2.90 bits per heavy atom. The summed E-state index contributed by atoms with van der Waals surface area (Å²) in [5, 5.41) is 12.4. The zero-order valence-corrected chi connectivity index (χ0v) is 12.1. The molecule has 112 valence electrons. The lowest BCUT2D eigenvalue weighted by molar-refractivity contribution is -0.143. The van der Waals surface area contributed by atoms with E-state index in [1.54, 1.807) is 4.90 Å². The minimum absolute atomic E-state index is 0.00263. The smallest absolute Gasteiger partial charge is 0.306 e. The Morgan fingerprint density at radius 2 is 2.19 bits per heavy atom. The number of rotatable bonds is 2. The number of carbonyl (C=O) groups excluding carboxylic acids is 1. The van der Waals surface area contributed by atoms with Crippen molar-refractivity contribution in [2.45, 2.75) is 32.2 Å². The van der Waals surface area contributed by atoms with Gasteiger partial charge in [-0.05, 0) is 43.9 Å². The van der Waals surface area contributed by atoms with E-state index in [0.717, 1.165) is 18.7 Å². The van der Waals surface area contributed by atoms with Crippen LogP contribution in [0.2, 0.25) is 0 Å². The fraction of sp³-hybridized carbons (Fsp3) is 0.500. The van der Waals surface area contributed by atoms with Crippen molar-refractivity contribution in [2.75, 3.05) is 18.4 Å². The summed E-state index contributed by atoms with van der Waals surface area (Å²) < 4.78 is 0. The first kappa shape index (κ1) is 13.9. The van der Waals surface area contributed by atoms with Crippen LogP contribution in [0.1, 0.15) is 35.7 Å². The van der Waals surface area contributed by atoms with Gasteiger partial charge in [-0.2, -0.15) is 0 Å². The van der Waals surface area contributed by atoms with Crippen molar-refractivity contribution in [3.05, 3.63) is 29.3 Å². The lowest BCUT2D eigenvalue weighted by Gasteiger charge is -2.36. The molecule has 0 radical (unpaired) electrons. The first-order valence-corrected chi connectivity index (χ1v) is 7.47. The van der Waals surface area contributed by atoms with Crippen LogP contribution in [0.3, 0.4) is 0 Å². The van der Waals surface area contributed by atoms with Crippen molar-refractivity contribution in [2.24, 2.45) is 5.92 Å². The summed E-state index contributed by atoms with van der Waals surface area (Å²) in [6.07, 6.45) is 2.07. The number of nitrogens with zero attached hydrogens (tertiary/aromatic N) is 1. The molecular weight excluding hydrogens is 268 g/mol. The maximum atomic E-state index is 12.6. The van der Waals surface area contributed by atoms with Gasteiger partial charge in [0.2, 0.25) is 0 Å². The van der Waals surface area contributed by atoms with Gasteiger partial charge in [-0.15, -0.1) is 0 Å². The van der Waals surface area contributed by atoms with E-state index in [1.165, 1.54) is 5.56 Å². The highest BCUT2D eigenvalue weighted by atomic mass is 16.4. The standard InChI is InChI=1S/C16H20N2O3/c1-10-8-13(16(20)21)5-7-18(10)15(19)12-3-2-11-4-6-17-14(11)9-12/h2-3,9-10,13,17H,4-8H2,1H3,(H,20,21). The van der Waals surface area contributed by atoms with E-state index < -0.39 is 5.97 Å². The van der Waals surface area contributed by atoms with Gasteiger partial charge in [0, 0.05) is 30.4 Å². The Balaban J connectivity index is 1.75. The van der Waals surface area contributed by atoms with Crippen LogP contribution in [0.5, 0.6) is 0 Å². The molecule has 2 heterocycles. The molecule has 3 rings (SSSR count). The number of anilines is 1. The zero-order valence-electron chi connectivity index (χ0n) is 12.1. The summed E-state index contributed by atoms with van der Waals surface area (Å²) >= 11 is 0. The molecule has 0 bridgehead atoms. The van der Waals surface area contributed by atoms with Gasteiger partial charge < -0.3 is 15.3 Å². The summed E-state index contributed by atoms with van der Waals surface area (Å²) in [5.41, 5.74) is 2.99. The second-order valence-electron chi connectivity index (χ2n) is 5.96. The number of piperidine rings is 1. The van der Waals surface area contributed by atoms with Crippen LogP contribution in [0.25, 0.3) is 0 Å². The quantitative estimate of drug-likeness (QED) is 0.873. The molecule has 0 aliphatic carbocycles. The van der Waals surface area contributed by atoms with Gasteiger partial charge in [0.25, 0.3) is 5.91 Å². The van der Waals surface area contributed by atoms with Gasteiger partial charge in [0.05, 0.1) is 5.92 Å². The lowest BCUT2D eigenvalue weighted by atomic mass is 9.91. The number of likely N-dealkylation sites (tertiary alicyclic amines) is 1. The Morgan fingerprint density at radius 1 is 1.38 bits per heavy atom. The molecular formula is C16H20N2O3. The molecule has 2 atom stereocenters. The van der Waals surface area contributed by atoms with E-state index in [2.05, 4.69) is 5.32 Å². The summed E-state index contributed by atoms with van der Waals surface area (Å²) in [5.74, 6) is -1.08. The second-order valence-corrected chi connectivity index (χ2v) is 5.96. The first-order valence-electron chi connectivity index (χ1n) is 7.47. The average molecular weight is 288 g/mol. The third-order valence-electron chi connectivity index (χ3n) is 4.55. The highest BCUT2D eigenvalue weighted by Gasteiger charge is 2.32. The van der Waals surface area contributed by atoms with Crippen LogP contribution in [0, 0.1) is 5.92 Å². The number of hydrogen-bond acceptors (Lipinski definition) is 3. The number of benzene rings is 1. The van der Waals surface area contributed by atoms with Crippen molar-refractivity contribution < 1.29 is 14.7 Å². The van der Waals surface area contributed by atoms with Crippen molar-refractivity contribution in [3.8, 4) is 0 Å². The van der Waals surface area contributed by atoms with Gasteiger partial charge in [-0.1, -0.05) is 6.07 Å². The molecule has 1 aromatic rings. The highest BCUT2D eigenvalue weighted by molar-refractivity contribution is 5.96. The molecule has 2 aliphatic rings. The van der Waals surface area contributed by atoms with Crippen LogP contribution in [-0.4, -0.2) is 41.0 Å². The van der Waals surface area contributed by atoms with E-state index in [-0.39, 0.29) is 17.9 Å². The van der Waals surface area contributed by atoms with E-state index in [4.69, 9.17) is 5.11 Å². The second kappa shape index (κ2) is 5.39. The Bertz CT molecular complexity index is 585. The SMILES string of the molecule is CC1CC(C(=O)O)CCN1C(=O)c1ccc2c(c1)NCC2. The predicted octanol–water partition coefficient (Wildman–Crippen LogP) is 1.98. The first-order chi connectivity index (χ1) is 10.1. The van der Waals surface area contributed by atoms with Crippen LogP contribution < -0.4 is 5.32 Å². The van der Waals surface area contributed by atoms with Crippen LogP contribution in [0.15, 0.2) is 18.2 Å². The van der Waals surface area contributed by atoms with Crippen molar-refractivity contribution in [1.82, 2.24) is 4.90 Å². The summed E-state index contributed by atoms with van der Waals surface area (Å²) in [4.78, 5) is 25.5. The predicted molar refractivity (Wildman–Crippen MR) is 79.5 cm³/mol. The molecule has 2 unspecified atom stereocenters. The number of aliphatic carboxylic acids is 1. The van der Waals surface area contributed by atoms with Gasteiger partial charge in [0.1, 0.15) is 0 Å². The van der Waals surface area contributed by atoms with E-state index in [0.29, 0.717) is 24.9 Å². The molecule has 0 aromatic heterocycles. The molecule has 1 fully saturated rings. The molecule has 5 heteroatoms. The molecule has 5 nitrogen and oxygen atoms in total. The Kier molecular flexibility index (Phi) is 3.57. The number of carbonyl (C=O) groups is 2. The highest BCUT2D eigenvalue weighted by Crippen LogP contribution is 2.27. The fourth-order valence-electron chi connectivity index (χ4n) is 3.29. The molecule has 21 heavy (non-hydrogen) atoms. The third-order valence-corrected chi connectivity index (χ3v) is 4.55.